The second-order valence-electron chi connectivity index (χ2n) is 6.68. The van der Waals surface area contributed by atoms with E-state index in [4.69, 9.17) is 9.47 Å². The van der Waals surface area contributed by atoms with Crippen molar-refractivity contribution in [3.8, 4) is 23.6 Å². The summed E-state index contributed by atoms with van der Waals surface area (Å²) in [4.78, 5) is 4.33. The van der Waals surface area contributed by atoms with Crippen molar-refractivity contribution in [3.63, 3.8) is 0 Å². The summed E-state index contributed by atoms with van der Waals surface area (Å²) in [7, 11) is 3.26. The Hall–Kier alpha value is -3.06. The summed E-state index contributed by atoms with van der Waals surface area (Å²) in [5.41, 5.74) is 1.92. The average molecular weight is 376 g/mol. The molecule has 2 unspecified atom stereocenters. The van der Waals surface area contributed by atoms with E-state index in [9.17, 15) is 10.5 Å². The smallest absolute Gasteiger partial charge is 0.123 e. The van der Waals surface area contributed by atoms with Gasteiger partial charge in [0.2, 0.25) is 0 Å². The van der Waals surface area contributed by atoms with Crippen LogP contribution in [0.1, 0.15) is 23.2 Å². The predicted octanol–water partition coefficient (Wildman–Crippen LogP) is 3.15. The summed E-state index contributed by atoms with van der Waals surface area (Å²) in [6.07, 6.45) is 0. The summed E-state index contributed by atoms with van der Waals surface area (Å²) in [5, 5.41) is 19.4. The van der Waals surface area contributed by atoms with Gasteiger partial charge in [0.25, 0.3) is 0 Å². The topological polar surface area (TPSA) is 72.5 Å². The zero-order valence-electron chi connectivity index (χ0n) is 16.2. The molecule has 2 aromatic rings. The molecular formula is C22H24N4O2. The molecule has 1 aliphatic heterocycles. The number of hydrogen-bond acceptors (Lipinski definition) is 6. The zero-order valence-corrected chi connectivity index (χ0v) is 16.2. The molecule has 2 aromatic carbocycles. The van der Waals surface area contributed by atoms with Gasteiger partial charge in [-0.05, 0) is 35.4 Å². The van der Waals surface area contributed by atoms with E-state index in [1.54, 1.807) is 14.2 Å². The van der Waals surface area contributed by atoms with Crippen molar-refractivity contribution in [1.29, 1.82) is 10.5 Å². The van der Waals surface area contributed by atoms with E-state index >= 15 is 0 Å². The Bertz CT molecular complexity index is 771. The van der Waals surface area contributed by atoms with E-state index in [1.807, 2.05) is 48.5 Å². The van der Waals surface area contributed by atoms with E-state index in [1.165, 1.54) is 0 Å². The van der Waals surface area contributed by atoms with E-state index in [2.05, 4.69) is 21.9 Å². The molecule has 0 aromatic heterocycles. The van der Waals surface area contributed by atoms with Gasteiger partial charge in [0.1, 0.15) is 23.6 Å². The fraction of sp³-hybridized carbons (Fsp3) is 0.364. The van der Waals surface area contributed by atoms with Gasteiger partial charge in [0.05, 0.1) is 26.4 Å². The van der Waals surface area contributed by atoms with Crippen LogP contribution in [-0.4, -0.2) is 50.2 Å². The standard InChI is InChI=1S/C22H24N4O2/c1-27-19-7-3-17(4-8-19)21(15-23)25-11-13-26(14-12-25)22(16-24)18-5-9-20(28-2)10-6-18/h3-10,21-22H,11-14H2,1-2H3. The molecule has 6 nitrogen and oxygen atoms in total. The molecule has 1 saturated heterocycles. The molecule has 1 aliphatic rings. The molecule has 0 saturated carbocycles. The first kappa shape index (κ1) is 19.7. The summed E-state index contributed by atoms with van der Waals surface area (Å²) < 4.78 is 10.4. The summed E-state index contributed by atoms with van der Waals surface area (Å²) in [5.74, 6) is 1.56. The minimum Gasteiger partial charge on any atom is -0.497 e. The predicted molar refractivity (Wildman–Crippen MR) is 106 cm³/mol. The minimum absolute atomic E-state index is 0.297. The van der Waals surface area contributed by atoms with Gasteiger partial charge in [0.15, 0.2) is 0 Å². The van der Waals surface area contributed by atoms with E-state index in [0.29, 0.717) is 0 Å². The van der Waals surface area contributed by atoms with Crippen molar-refractivity contribution in [2.45, 2.75) is 12.1 Å². The molecule has 3 rings (SSSR count). The number of nitriles is 2. The fourth-order valence-electron chi connectivity index (χ4n) is 3.56. The van der Waals surface area contributed by atoms with Crippen LogP contribution in [0.25, 0.3) is 0 Å². The molecule has 1 heterocycles. The minimum atomic E-state index is -0.297. The second kappa shape index (κ2) is 9.23. The van der Waals surface area contributed by atoms with E-state index in [-0.39, 0.29) is 12.1 Å². The Labute approximate surface area is 166 Å². The molecule has 0 aliphatic carbocycles. The maximum absolute atomic E-state index is 9.71. The van der Waals surface area contributed by atoms with Crippen LogP contribution in [0, 0.1) is 22.7 Å². The van der Waals surface area contributed by atoms with Crippen LogP contribution in [0.2, 0.25) is 0 Å². The Balaban J connectivity index is 1.66. The summed E-state index contributed by atoms with van der Waals surface area (Å²) in [6.45, 7) is 2.94. The third-order valence-electron chi connectivity index (χ3n) is 5.19. The van der Waals surface area contributed by atoms with Gasteiger partial charge in [-0.3, -0.25) is 9.80 Å². The zero-order chi connectivity index (χ0) is 19.9. The van der Waals surface area contributed by atoms with Crippen molar-refractivity contribution < 1.29 is 9.47 Å². The number of rotatable bonds is 6. The molecule has 0 amide bonds. The van der Waals surface area contributed by atoms with Crippen LogP contribution in [0.4, 0.5) is 0 Å². The number of ether oxygens (including phenoxy) is 2. The van der Waals surface area contributed by atoms with Crippen molar-refractivity contribution in [3.05, 3.63) is 59.7 Å². The molecule has 0 spiro atoms. The van der Waals surface area contributed by atoms with Crippen LogP contribution >= 0.6 is 0 Å². The van der Waals surface area contributed by atoms with Crippen LogP contribution < -0.4 is 9.47 Å². The molecule has 144 valence electrons. The first-order valence-corrected chi connectivity index (χ1v) is 9.25. The van der Waals surface area contributed by atoms with Crippen LogP contribution in [0.3, 0.4) is 0 Å². The monoisotopic (exact) mass is 376 g/mol. The van der Waals surface area contributed by atoms with E-state index in [0.717, 1.165) is 48.8 Å². The first-order chi connectivity index (χ1) is 13.7. The third kappa shape index (κ3) is 4.26. The van der Waals surface area contributed by atoms with Crippen molar-refractivity contribution in [2.75, 3.05) is 40.4 Å². The van der Waals surface area contributed by atoms with Gasteiger partial charge in [-0.15, -0.1) is 0 Å². The number of methoxy groups -OCH3 is 2. The normalized spacial score (nSPS) is 17.1. The first-order valence-electron chi connectivity index (χ1n) is 9.25. The van der Waals surface area contributed by atoms with Gasteiger partial charge in [-0.25, -0.2) is 0 Å². The van der Waals surface area contributed by atoms with Gasteiger partial charge in [-0.2, -0.15) is 10.5 Å². The molecule has 6 heteroatoms. The maximum Gasteiger partial charge on any atom is 0.123 e. The Morgan fingerprint density at radius 2 is 1.00 bits per heavy atom. The third-order valence-corrected chi connectivity index (χ3v) is 5.19. The quantitative estimate of drug-likeness (QED) is 0.771. The lowest BCUT2D eigenvalue weighted by molar-refractivity contribution is 0.0979. The number of nitrogens with zero attached hydrogens (tertiary/aromatic N) is 4. The van der Waals surface area contributed by atoms with Crippen molar-refractivity contribution in [1.82, 2.24) is 9.80 Å². The molecular weight excluding hydrogens is 352 g/mol. The van der Waals surface area contributed by atoms with Gasteiger partial charge in [0, 0.05) is 26.2 Å². The number of hydrogen-bond donors (Lipinski definition) is 0. The van der Waals surface area contributed by atoms with Crippen molar-refractivity contribution >= 4 is 0 Å². The van der Waals surface area contributed by atoms with Gasteiger partial charge < -0.3 is 9.47 Å². The number of piperazine rings is 1. The molecule has 28 heavy (non-hydrogen) atoms. The number of benzene rings is 2. The van der Waals surface area contributed by atoms with Crippen LogP contribution in [0.5, 0.6) is 11.5 Å². The lowest BCUT2D eigenvalue weighted by atomic mass is 10.0. The van der Waals surface area contributed by atoms with Crippen molar-refractivity contribution in [2.24, 2.45) is 0 Å². The van der Waals surface area contributed by atoms with E-state index < -0.39 is 0 Å². The SMILES string of the molecule is COc1ccc(C(C#N)N2CCN(C(C#N)c3ccc(OC)cc3)CC2)cc1. The Morgan fingerprint density at radius 1 is 0.679 bits per heavy atom. The Morgan fingerprint density at radius 3 is 1.25 bits per heavy atom. The highest BCUT2D eigenvalue weighted by Crippen LogP contribution is 2.27. The Kier molecular flexibility index (Phi) is 6.49. The van der Waals surface area contributed by atoms with Crippen LogP contribution in [0.15, 0.2) is 48.5 Å². The highest BCUT2D eigenvalue weighted by atomic mass is 16.5. The fourth-order valence-corrected chi connectivity index (χ4v) is 3.56. The molecule has 0 bridgehead atoms. The largest absolute Gasteiger partial charge is 0.497 e. The average Bonchev–Trinajstić information content (AvgIpc) is 2.77. The molecule has 1 fully saturated rings. The lowest BCUT2D eigenvalue weighted by Gasteiger charge is -2.38. The summed E-state index contributed by atoms with van der Waals surface area (Å²) in [6, 6.07) is 19.5. The summed E-state index contributed by atoms with van der Waals surface area (Å²) >= 11 is 0. The second-order valence-corrected chi connectivity index (χ2v) is 6.68. The maximum atomic E-state index is 9.71. The van der Waals surface area contributed by atoms with Gasteiger partial charge in [-0.1, -0.05) is 24.3 Å². The molecule has 0 radical (unpaired) electrons. The lowest BCUT2D eigenvalue weighted by Crippen LogP contribution is -2.48. The van der Waals surface area contributed by atoms with Crippen LogP contribution in [-0.2, 0) is 0 Å². The molecule has 0 N–H and O–H groups in total. The highest BCUT2D eigenvalue weighted by molar-refractivity contribution is 5.33. The van der Waals surface area contributed by atoms with Gasteiger partial charge >= 0.3 is 0 Å². The molecule has 2 atom stereocenters. The highest BCUT2D eigenvalue weighted by Gasteiger charge is 2.29.